The van der Waals surface area contributed by atoms with E-state index in [2.05, 4.69) is 38.4 Å². The number of pyridine rings is 1. The molecule has 0 saturated heterocycles. The summed E-state index contributed by atoms with van der Waals surface area (Å²) in [6.45, 7) is 3.19. The van der Waals surface area contributed by atoms with Crippen molar-refractivity contribution < 1.29 is 8.83 Å². The molecule has 0 aliphatic rings. The molecular formula is C30H27ClN6O3. The molecule has 6 rings (SSSR count). The molecule has 1 N–H and O–H groups in total. The second-order valence-electron chi connectivity index (χ2n) is 9.58. The average Bonchev–Trinajstić information content (AvgIpc) is 3.75. The van der Waals surface area contributed by atoms with Crippen LogP contribution in [0.15, 0.2) is 99.0 Å². The molecule has 9 nitrogen and oxygen atoms in total. The van der Waals surface area contributed by atoms with E-state index < -0.39 is 6.04 Å². The maximum atomic E-state index is 13.8. The number of aryl methyl sites for hydroxylation is 1. The van der Waals surface area contributed by atoms with E-state index in [1.54, 1.807) is 17.2 Å². The van der Waals surface area contributed by atoms with Crippen LogP contribution < -0.4 is 5.56 Å². The van der Waals surface area contributed by atoms with Gasteiger partial charge in [-0.05, 0) is 81.9 Å². The zero-order valence-electron chi connectivity index (χ0n) is 21.8. The topological polar surface area (TPSA) is 106 Å². The number of fused-ring (bicyclic) bond motifs is 1. The Morgan fingerprint density at radius 2 is 1.77 bits per heavy atom. The summed E-state index contributed by atoms with van der Waals surface area (Å²) in [5, 5.41) is 14.3. The first-order valence-electron chi connectivity index (χ1n) is 13.0. The highest BCUT2D eigenvalue weighted by atomic mass is 35.5. The fourth-order valence-electron chi connectivity index (χ4n) is 4.95. The van der Waals surface area contributed by atoms with Crippen LogP contribution in [0.1, 0.15) is 47.0 Å². The minimum atomic E-state index is -0.648. The van der Waals surface area contributed by atoms with Crippen molar-refractivity contribution in [1.29, 1.82) is 0 Å². The Morgan fingerprint density at radius 1 is 0.975 bits per heavy atom. The summed E-state index contributed by atoms with van der Waals surface area (Å²) >= 11 is 6.62. The molecule has 6 aromatic rings. The molecule has 0 amide bonds. The van der Waals surface area contributed by atoms with Gasteiger partial charge in [-0.25, -0.2) is 4.68 Å². The lowest BCUT2D eigenvalue weighted by Gasteiger charge is -2.30. The SMILES string of the molecule is CCc1ccc2[nH]c(=O)c(C(c3nnnn3Cc3ccco3)N(Cc3ccco3)Cc3ccccc3Cl)cc2c1. The summed E-state index contributed by atoms with van der Waals surface area (Å²) < 4.78 is 13.0. The fraction of sp³-hybridized carbons (Fsp3) is 0.200. The van der Waals surface area contributed by atoms with Gasteiger partial charge in [-0.1, -0.05) is 42.8 Å². The van der Waals surface area contributed by atoms with Crippen molar-refractivity contribution >= 4 is 22.5 Å². The molecule has 4 aromatic heterocycles. The number of nitrogens with zero attached hydrogens (tertiary/aromatic N) is 5. The number of aromatic amines is 1. The molecule has 1 unspecified atom stereocenters. The third-order valence-corrected chi connectivity index (χ3v) is 7.33. The van der Waals surface area contributed by atoms with Crippen LogP contribution in [0.2, 0.25) is 5.02 Å². The van der Waals surface area contributed by atoms with E-state index in [-0.39, 0.29) is 5.56 Å². The summed E-state index contributed by atoms with van der Waals surface area (Å²) in [5.41, 5.74) is 3.13. The molecule has 0 saturated carbocycles. The summed E-state index contributed by atoms with van der Waals surface area (Å²) in [5.74, 6) is 1.91. The highest BCUT2D eigenvalue weighted by Crippen LogP contribution is 2.32. The van der Waals surface area contributed by atoms with Crippen molar-refractivity contribution in [3.05, 3.63) is 135 Å². The van der Waals surface area contributed by atoms with Gasteiger partial charge in [-0.15, -0.1) is 5.10 Å². The Kier molecular flexibility index (Phi) is 7.31. The summed E-state index contributed by atoms with van der Waals surface area (Å²) in [4.78, 5) is 18.9. The van der Waals surface area contributed by atoms with Crippen LogP contribution in [0.5, 0.6) is 0 Å². The molecule has 0 aliphatic carbocycles. The van der Waals surface area contributed by atoms with Crippen molar-refractivity contribution in [3.63, 3.8) is 0 Å². The first-order chi connectivity index (χ1) is 19.6. The summed E-state index contributed by atoms with van der Waals surface area (Å²) in [6, 6.07) is 22.4. The van der Waals surface area contributed by atoms with Crippen LogP contribution >= 0.6 is 11.6 Å². The molecule has 40 heavy (non-hydrogen) atoms. The van der Waals surface area contributed by atoms with Crippen LogP contribution in [0.25, 0.3) is 10.9 Å². The normalized spacial score (nSPS) is 12.4. The van der Waals surface area contributed by atoms with E-state index in [0.29, 0.717) is 41.8 Å². The van der Waals surface area contributed by atoms with Gasteiger partial charge < -0.3 is 13.8 Å². The van der Waals surface area contributed by atoms with Gasteiger partial charge in [0, 0.05) is 22.6 Å². The Hall–Kier alpha value is -4.47. The smallest absolute Gasteiger partial charge is 0.253 e. The number of benzene rings is 2. The number of H-pyrrole nitrogens is 1. The van der Waals surface area contributed by atoms with Crippen LogP contribution in [0, 0.1) is 0 Å². The zero-order valence-corrected chi connectivity index (χ0v) is 22.6. The van der Waals surface area contributed by atoms with Gasteiger partial charge in [-0.2, -0.15) is 0 Å². The Labute approximate surface area is 235 Å². The van der Waals surface area contributed by atoms with Gasteiger partial charge in [0.2, 0.25) is 0 Å². The monoisotopic (exact) mass is 554 g/mol. The minimum absolute atomic E-state index is 0.224. The predicted molar refractivity (Wildman–Crippen MR) is 151 cm³/mol. The number of hydrogen-bond donors (Lipinski definition) is 1. The quantitative estimate of drug-likeness (QED) is 0.229. The third-order valence-electron chi connectivity index (χ3n) is 6.97. The molecule has 1 atom stereocenters. The molecule has 0 aliphatic heterocycles. The van der Waals surface area contributed by atoms with Crippen molar-refractivity contribution in [2.45, 2.75) is 39.0 Å². The number of tetrazole rings is 1. The van der Waals surface area contributed by atoms with E-state index in [4.69, 9.17) is 20.4 Å². The van der Waals surface area contributed by atoms with E-state index in [1.165, 1.54) is 5.56 Å². The predicted octanol–water partition coefficient (Wildman–Crippen LogP) is 5.76. The Balaban J connectivity index is 1.54. The van der Waals surface area contributed by atoms with E-state index in [0.717, 1.165) is 28.6 Å². The number of rotatable bonds is 10. The van der Waals surface area contributed by atoms with Gasteiger partial charge in [0.05, 0.1) is 19.1 Å². The zero-order chi connectivity index (χ0) is 27.5. The molecule has 4 heterocycles. The third kappa shape index (κ3) is 5.34. The van der Waals surface area contributed by atoms with Gasteiger partial charge in [0.25, 0.3) is 5.56 Å². The molecule has 0 bridgehead atoms. The van der Waals surface area contributed by atoms with Gasteiger partial charge in [-0.3, -0.25) is 9.69 Å². The maximum Gasteiger partial charge on any atom is 0.253 e. The molecule has 0 radical (unpaired) electrons. The van der Waals surface area contributed by atoms with Crippen molar-refractivity contribution in [2.24, 2.45) is 0 Å². The van der Waals surface area contributed by atoms with Crippen molar-refractivity contribution in [2.75, 3.05) is 0 Å². The Bertz CT molecular complexity index is 1780. The molecule has 10 heteroatoms. The highest BCUT2D eigenvalue weighted by molar-refractivity contribution is 6.31. The maximum absolute atomic E-state index is 13.8. The van der Waals surface area contributed by atoms with Crippen LogP contribution in [0.3, 0.4) is 0 Å². The van der Waals surface area contributed by atoms with Gasteiger partial charge in [0.15, 0.2) is 5.82 Å². The second-order valence-corrected chi connectivity index (χ2v) is 9.99. The first-order valence-corrected chi connectivity index (χ1v) is 13.4. The molecule has 202 valence electrons. The first kappa shape index (κ1) is 25.8. The number of halogens is 1. The standard InChI is InChI=1S/C30H27ClN6O3/c1-2-20-11-12-27-22(15-20)16-25(30(38)32-27)28(29-33-34-35-37(29)19-24-9-6-14-40-24)36(18-23-8-5-13-39-23)17-21-7-3-4-10-26(21)31/h3-16,28H,2,17-19H2,1H3,(H,32,38). The second kappa shape index (κ2) is 11.3. The van der Waals surface area contributed by atoms with Crippen LogP contribution in [0.4, 0.5) is 0 Å². The average molecular weight is 555 g/mol. The summed E-state index contributed by atoms with van der Waals surface area (Å²) in [7, 11) is 0. The number of nitrogens with one attached hydrogen (secondary N) is 1. The van der Waals surface area contributed by atoms with E-state index in [1.807, 2.05) is 66.7 Å². The lowest BCUT2D eigenvalue weighted by molar-refractivity contribution is 0.179. The number of aromatic nitrogens is 5. The highest BCUT2D eigenvalue weighted by Gasteiger charge is 2.32. The van der Waals surface area contributed by atoms with Crippen molar-refractivity contribution in [1.82, 2.24) is 30.1 Å². The fourth-order valence-corrected chi connectivity index (χ4v) is 5.15. The number of furan rings is 2. The molecular weight excluding hydrogens is 528 g/mol. The molecule has 0 spiro atoms. The van der Waals surface area contributed by atoms with Gasteiger partial charge in [0.1, 0.15) is 24.1 Å². The Morgan fingerprint density at radius 3 is 2.52 bits per heavy atom. The minimum Gasteiger partial charge on any atom is -0.468 e. The van der Waals surface area contributed by atoms with Gasteiger partial charge >= 0.3 is 0 Å². The lowest BCUT2D eigenvalue weighted by Crippen LogP contribution is -2.35. The summed E-state index contributed by atoms with van der Waals surface area (Å²) in [6.07, 6.45) is 4.12. The lowest BCUT2D eigenvalue weighted by atomic mass is 10.0. The van der Waals surface area contributed by atoms with Crippen molar-refractivity contribution in [3.8, 4) is 0 Å². The van der Waals surface area contributed by atoms with Crippen LogP contribution in [-0.4, -0.2) is 30.1 Å². The molecule has 2 aromatic carbocycles. The number of hydrogen-bond acceptors (Lipinski definition) is 7. The van der Waals surface area contributed by atoms with E-state index >= 15 is 0 Å². The van der Waals surface area contributed by atoms with Crippen LogP contribution in [-0.2, 0) is 26.1 Å². The van der Waals surface area contributed by atoms with E-state index in [9.17, 15) is 4.79 Å². The molecule has 0 fully saturated rings. The largest absolute Gasteiger partial charge is 0.468 e.